The number of unbranched alkanes of at least 4 members (excludes halogenated alkanes) is 4. The molecule has 3 heterocycles. The maximum absolute atomic E-state index is 13.3. The molecule has 0 fully saturated rings. The molecule has 67 heavy (non-hydrogen) atoms. The van der Waals surface area contributed by atoms with Crippen molar-refractivity contribution in [2.24, 2.45) is 0 Å². The Hall–Kier alpha value is -5.53. The normalized spacial score (nSPS) is 18.9. The van der Waals surface area contributed by atoms with E-state index >= 15 is 0 Å². The number of carboxylic acids is 1. The number of anilines is 1. The first-order valence-corrected chi connectivity index (χ1v) is 25.3. The average molecular weight is 937 g/mol. The Balaban J connectivity index is 1.05. The van der Waals surface area contributed by atoms with Gasteiger partial charge in [-0.2, -0.15) is 13.0 Å². The molecule has 13 heteroatoms. The number of nitrogens with zero attached hydrogens (tertiary/aromatic N) is 2. The number of carboxylic acid groups (broad SMARTS) is 1. The Morgan fingerprint density at radius 1 is 0.821 bits per heavy atom. The molecule has 3 aromatic rings. The van der Waals surface area contributed by atoms with Crippen LogP contribution in [-0.4, -0.2) is 76.4 Å². The Bertz CT molecular complexity index is 2640. The Labute approximate surface area is 397 Å². The lowest BCUT2D eigenvalue weighted by atomic mass is 9.81. The van der Waals surface area contributed by atoms with E-state index in [4.69, 9.17) is 9.84 Å². The van der Waals surface area contributed by atoms with Gasteiger partial charge in [0.1, 0.15) is 23.8 Å². The number of carbonyl (C=O) groups is 3. The third-order valence-corrected chi connectivity index (χ3v) is 15.1. The molecule has 0 aromatic heterocycles. The second-order valence-corrected chi connectivity index (χ2v) is 21.1. The van der Waals surface area contributed by atoms with Crippen molar-refractivity contribution in [2.45, 2.75) is 154 Å². The molecule has 1 unspecified atom stereocenters. The maximum atomic E-state index is 13.3. The number of allylic oxidation sites excluding steroid dienone is 6. The van der Waals surface area contributed by atoms with Gasteiger partial charge in [0.15, 0.2) is 11.3 Å². The van der Waals surface area contributed by atoms with Crippen LogP contribution in [0.15, 0.2) is 83.4 Å². The van der Waals surface area contributed by atoms with Gasteiger partial charge < -0.3 is 25.2 Å². The second-order valence-electron chi connectivity index (χ2n) is 19.7. The van der Waals surface area contributed by atoms with Gasteiger partial charge in [-0.3, -0.25) is 18.9 Å². The Morgan fingerprint density at radius 3 is 2.25 bits per heavy atom. The average Bonchev–Trinajstić information content (AvgIpc) is 3.62. The molecule has 1 atom stereocenters. The van der Waals surface area contributed by atoms with E-state index in [0.29, 0.717) is 57.4 Å². The zero-order valence-electron chi connectivity index (χ0n) is 40.6. The lowest BCUT2D eigenvalue weighted by molar-refractivity contribution is -0.438. The SMILES string of the molecule is Cc1c(C)c2c(c(C)c1O)CCC(C)(C(=O)NCCCC(=O)CCCCCN1C(=CC=CC=CC3=[N+](CCCCCC(=O)O)c4ccccc4C3(C)C)C(C)(C)c3cc(S(=O)(=O)O)ccc31)O2. The van der Waals surface area contributed by atoms with Crippen LogP contribution in [0.4, 0.5) is 11.4 Å². The fourth-order valence-electron chi connectivity index (χ4n) is 9.99. The molecule has 0 saturated heterocycles. The zero-order valence-corrected chi connectivity index (χ0v) is 41.4. The van der Waals surface area contributed by atoms with Gasteiger partial charge in [-0.15, -0.1) is 0 Å². The summed E-state index contributed by atoms with van der Waals surface area (Å²) >= 11 is 0. The lowest BCUT2D eigenvalue weighted by Gasteiger charge is -2.36. The number of benzene rings is 3. The molecular weight excluding hydrogens is 867 g/mol. The molecule has 3 aromatic carbocycles. The van der Waals surface area contributed by atoms with Crippen molar-refractivity contribution < 1.29 is 46.9 Å². The predicted molar refractivity (Wildman–Crippen MR) is 264 cm³/mol. The Morgan fingerprint density at radius 2 is 1.52 bits per heavy atom. The van der Waals surface area contributed by atoms with Crippen molar-refractivity contribution in [1.29, 1.82) is 0 Å². The number of phenolic OH excluding ortho intramolecular Hbond substituents is 1. The minimum Gasteiger partial charge on any atom is -0.507 e. The number of Topliss-reactive ketones (excluding diaryl/α,β-unsaturated/α-hetero) is 1. The molecule has 360 valence electrons. The second kappa shape index (κ2) is 20.8. The number of para-hydroxylation sites is 1. The molecule has 0 saturated carbocycles. The third-order valence-electron chi connectivity index (χ3n) is 14.2. The predicted octanol–water partition coefficient (Wildman–Crippen LogP) is 10.2. The molecule has 0 bridgehead atoms. The molecule has 6 rings (SSSR count). The smallest absolute Gasteiger partial charge is 0.303 e. The van der Waals surface area contributed by atoms with E-state index < -0.39 is 27.1 Å². The van der Waals surface area contributed by atoms with Gasteiger partial charge in [0, 0.05) is 85.3 Å². The largest absolute Gasteiger partial charge is 0.507 e. The number of aromatic hydroxyl groups is 1. The molecule has 3 aliphatic rings. The van der Waals surface area contributed by atoms with Crippen molar-refractivity contribution in [3.63, 3.8) is 0 Å². The van der Waals surface area contributed by atoms with Crippen molar-refractivity contribution in [2.75, 3.05) is 24.5 Å². The van der Waals surface area contributed by atoms with Crippen molar-refractivity contribution >= 4 is 44.9 Å². The van der Waals surface area contributed by atoms with E-state index in [1.54, 1.807) is 19.1 Å². The lowest BCUT2D eigenvalue weighted by Crippen LogP contribution is -2.51. The van der Waals surface area contributed by atoms with Crippen LogP contribution in [0.5, 0.6) is 11.5 Å². The van der Waals surface area contributed by atoms with Gasteiger partial charge in [-0.1, -0.05) is 56.7 Å². The van der Waals surface area contributed by atoms with Gasteiger partial charge in [0.25, 0.3) is 16.0 Å². The summed E-state index contributed by atoms with van der Waals surface area (Å²) in [5.41, 5.74) is 7.71. The molecule has 3 aliphatic heterocycles. The van der Waals surface area contributed by atoms with Crippen LogP contribution in [0.25, 0.3) is 0 Å². The first-order valence-electron chi connectivity index (χ1n) is 23.8. The number of aliphatic carboxylic acids is 1. The summed E-state index contributed by atoms with van der Waals surface area (Å²) in [6, 6.07) is 13.2. The number of carbonyl (C=O) groups excluding carboxylic acids is 2. The van der Waals surface area contributed by atoms with Gasteiger partial charge >= 0.3 is 5.97 Å². The van der Waals surface area contributed by atoms with E-state index in [1.807, 2.05) is 45.1 Å². The summed E-state index contributed by atoms with van der Waals surface area (Å²) < 4.78 is 43.0. The third kappa shape index (κ3) is 11.1. The topological polar surface area (TPSA) is 174 Å². The summed E-state index contributed by atoms with van der Waals surface area (Å²) in [7, 11) is -4.41. The van der Waals surface area contributed by atoms with E-state index in [2.05, 4.69) is 72.8 Å². The fourth-order valence-corrected chi connectivity index (χ4v) is 10.5. The molecular formula is C54H70N3O9S+. The number of ether oxygens (including phenoxy) is 1. The van der Waals surface area contributed by atoms with Gasteiger partial charge in [0.05, 0.1) is 10.3 Å². The number of fused-ring (bicyclic) bond motifs is 3. The van der Waals surface area contributed by atoms with Crippen molar-refractivity contribution in [3.8, 4) is 11.5 Å². The van der Waals surface area contributed by atoms with E-state index in [-0.39, 0.29) is 34.2 Å². The minimum absolute atomic E-state index is 0.148. The number of nitrogens with one attached hydrogen (secondary N) is 1. The Kier molecular flexibility index (Phi) is 15.8. The summed E-state index contributed by atoms with van der Waals surface area (Å²) in [5, 5.41) is 22.6. The summed E-state index contributed by atoms with van der Waals surface area (Å²) in [6.07, 6.45) is 17.6. The van der Waals surface area contributed by atoms with Gasteiger partial charge in [0.2, 0.25) is 5.69 Å². The highest BCUT2D eigenvalue weighted by molar-refractivity contribution is 7.85. The van der Waals surface area contributed by atoms with Gasteiger partial charge in [-0.25, -0.2) is 0 Å². The van der Waals surface area contributed by atoms with Crippen LogP contribution in [0, 0.1) is 20.8 Å². The van der Waals surface area contributed by atoms with Crippen LogP contribution < -0.4 is 15.0 Å². The highest BCUT2D eigenvalue weighted by Gasteiger charge is 2.44. The monoisotopic (exact) mass is 936 g/mol. The first-order chi connectivity index (χ1) is 31.6. The van der Waals surface area contributed by atoms with Crippen LogP contribution in [-0.2, 0) is 41.8 Å². The van der Waals surface area contributed by atoms with Crippen LogP contribution >= 0.6 is 0 Å². The highest BCUT2D eigenvalue weighted by atomic mass is 32.2. The molecule has 0 radical (unpaired) electrons. The zero-order chi connectivity index (χ0) is 48.9. The number of rotatable bonds is 21. The van der Waals surface area contributed by atoms with Crippen molar-refractivity contribution in [3.05, 3.63) is 112 Å². The highest BCUT2D eigenvalue weighted by Crippen LogP contribution is 2.49. The minimum atomic E-state index is -4.41. The van der Waals surface area contributed by atoms with Gasteiger partial charge in [-0.05, 0) is 127 Å². The van der Waals surface area contributed by atoms with E-state index in [9.17, 15) is 32.5 Å². The number of ketones is 1. The van der Waals surface area contributed by atoms with Crippen LogP contribution in [0.3, 0.4) is 0 Å². The summed E-state index contributed by atoms with van der Waals surface area (Å²) in [5.74, 6) is 0.120. The molecule has 12 nitrogen and oxygen atoms in total. The molecule has 0 aliphatic carbocycles. The fraction of sp³-hybridized carbons (Fsp3) is 0.481. The number of amides is 1. The molecule has 1 amide bonds. The standard InChI is InChI=1S/C54H69N3O9S/c1-36-37(2)50-41(38(3)49(36)61)30-31-54(8,66-50)51(62)55-32-20-22-39(58)21-12-10-18-34-57-45-29-28-40(67(63,64)65)35-43(45)53(6,7)47(57)26-14-9-13-25-46-52(4,5)42-23-16-17-24-44(42)56(46)33-19-11-15-27-48(59)60/h9,13-14,16-17,23-26,28-29,35H,10-12,15,18-22,27,30-34H2,1-8H3,(H3-,55,59,60,61,62,63,64,65)/p+1. The summed E-state index contributed by atoms with van der Waals surface area (Å²) in [4.78, 5) is 39.3. The number of hydrogen-bond acceptors (Lipinski definition) is 8. The number of hydrogen-bond donors (Lipinski definition) is 4. The van der Waals surface area contributed by atoms with E-state index in [0.717, 1.165) is 83.6 Å². The maximum Gasteiger partial charge on any atom is 0.303 e. The van der Waals surface area contributed by atoms with Crippen LogP contribution in [0.2, 0.25) is 0 Å². The number of phenols is 1. The quantitative estimate of drug-likeness (QED) is 0.0348. The van der Waals surface area contributed by atoms with E-state index in [1.165, 1.54) is 17.3 Å². The molecule has 0 spiro atoms. The first kappa shape index (κ1) is 50.9. The molecule has 4 N–H and O–H groups in total. The van der Waals surface area contributed by atoms with Crippen LogP contribution in [0.1, 0.15) is 139 Å². The van der Waals surface area contributed by atoms with Crippen molar-refractivity contribution in [1.82, 2.24) is 5.32 Å². The summed E-state index contributed by atoms with van der Waals surface area (Å²) in [6.45, 7) is 17.8.